The molecule has 1 saturated heterocycles. The molecule has 0 unspecified atom stereocenters. The Kier molecular flexibility index (Phi) is 5.47. The second-order valence-electron chi connectivity index (χ2n) is 6.26. The molecule has 25 heavy (non-hydrogen) atoms. The van der Waals surface area contributed by atoms with E-state index in [2.05, 4.69) is 11.8 Å². The van der Waals surface area contributed by atoms with Crippen molar-refractivity contribution in [2.45, 2.75) is 12.8 Å². The molecule has 0 atom stereocenters. The number of likely N-dealkylation sites (tertiary alicyclic amines) is 1. The smallest absolute Gasteiger partial charge is 0.253 e. The van der Waals surface area contributed by atoms with E-state index in [9.17, 15) is 14.3 Å². The molecule has 1 heterocycles. The van der Waals surface area contributed by atoms with Crippen LogP contribution in [-0.2, 0) is 0 Å². The van der Waals surface area contributed by atoms with Crippen molar-refractivity contribution in [1.29, 1.82) is 0 Å². The number of aliphatic hydroxyl groups excluding tert-OH is 1. The fourth-order valence-electron chi connectivity index (χ4n) is 2.91. The van der Waals surface area contributed by atoms with Gasteiger partial charge in [-0.3, -0.25) is 4.79 Å². The number of hydrogen-bond acceptors (Lipinski definition) is 2. The first kappa shape index (κ1) is 17.2. The Morgan fingerprint density at radius 3 is 2.40 bits per heavy atom. The van der Waals surface area contributed by atoms with Gasteiger partial charge in [0.25, 0.3) is 5.91 Å². The maximum Gasteiger partial charge on any atom is 0.253 e. The highest BCUT2D eigenvalue weighted by molar-refractivity contribution is 5.94. The minimum absolute atomic E-state index is 0.0148. The Labute approximate surface area is 147 Å². The molecule has 0 radical (unpaired) electrons. The van der Waals surface area contributed by atoms with Crippen molar-refractivity contribution in [3.8, 4) is 11.8 Å². The number of rotatable bonds is 2. The molecule has 1 aliphatic heterocycles. The van der Waals surface area contributed by atoms with E-state index in [0.29, 0.717) is 30.1 Å². The molecule has 2 aromatic rings. The molecule has 2 aromatic carbocycles. The van der Waals surface area contributed by atoms with E-state index in [4.69, 9.17) is 0 Å². The van der Waals surface area contributed by atoms with Gasteiger partial charge in [0.15, 0.2) is 0 Å². The van der Waals surface area contributed by atoms with Gasteiger partial charge in [0.05, 0.1) is 0 Å². The summed E-state index contributed by atoms with van der Waals surface area (Å²) in [6, 6.07) is 13.3. The first-order chi connectivity index (χ1) is 12.2. The van der Waals surface area contributed by atoms with Crippen molar-refractivity contribution < 1.29 is 14.3 Å². The Bertz CT molecular complexity index is 797. The Balaban J connectivity index is 1.65. The predicted molar refractivity (Wildman–Crippen MR) is 94.5 cm³/mol. The van der Waals surface area contributed by atoms with Gasteiger partial charge in [0.2, 0.25) is 0 Å². The van der Waals surface area contributed by atoms with Crippen LogP contribution >= 0.6 is 0 Å². The molecule has 0 aromatic heterocycles. The molecular formula is C21H20FNO2. The summed E-state index contributed by atoms with van der Waals surface area (Å²) in [6.45, 7) is 1.57. The lowest BCUT2D eigenvalue weighted by atomic mass is 9.97. The van der Waals surface area contributed by atoms with E-state index in [0.717, 1.165) is 18.4 Å². The van der Waals surface area contributed by atoms with Gasteiger partial charge in [-0.1, -0.05) is 17.9 Å². The SMILES string of the molecule is O=C(c1ccc(C#Cc2cccc(F)c2)cc1)N1CCC(CO)CC1. The number of piperidine rings is 1. The largest absolute Gasteiger partial charge is 0.396 e. The fourth-order valence-corrected chi connectivity index (χ4v) is 2.91. The molecule has 1 aliphatic rings. The number of halogens is 1. The topological polar surface area (TPSA) is 40.5 Å². The zero-order chi connectivity index (χ0) is 17.6. The fraction of sp³-hybridized carbons (Fsp3) is 0.286. The van der Waals surface area contributed by atoms with Crippen LogP contribution in [0.4, 0.5) is 4.39 Å². The van der Waals surface area contributed by atoms with E-state index in [1.165, 1.54) is 12.1 Å². The lowest BCUT2D eigenvalue weighted by Gasteiger charge is -2.31. The van der Waals surface area contributed by atoms with Crippen LogP contribution in [0, 0.1) is 23.6 Å². The molecule has 128 valence electrons. The third kappa shape index (κ3) is 4.46. The first-order valence-electron chi connectivity index (χ1n) is 8.43. The van der Waals surface area contributed by atoms with Gasteiger partial charge in [-0.2, -0.15) is 0 Å². The van der Waals surface area contributed by atoms with E-state index in [1.807, 2.05) is 4.90 Å². The monoisotopic (exact) mass is 337 g/mol. The van der Waals surface area contributed by atoms with Gasteiger partial charge in [-0.05, 0) is 61.2 Å². The molecule has 0 spiro atoms. The predicted octanol–water partition coefficient (Wildman–Crippen LogP) is 3.07. The number of nitrogens with zero attached hydrogens (tertiary/aromatic N) is 1. The van der Waals surface area contributed by atoms with Crippen LogP contribution in [-0.4, -0.2) is 35.6 Å². The van der Waals surface area contributed by atoms with Crippen LogP contribution in [0.15, 0.2) is 48.5 Å². The van der Waals surface area contributed by atoms with E-state index >= 15 is 0 Å². The van der Waals surface area contributed by atoms with Crippen LogP contribution in [0.2, 0.25) is 0 Å². The maximum absolute atomic E-state index is 13.1. The van der Waals surface area contributed by atoms with Gasteiger partial charge in [-0.25, -0.2) is 4.39 Å². The third-order valence-corrected chi connectivity index (χ3v) is 4.47. The number of amides is 1. The molecule has 0 aliphatic carbocycles. The molecule has 1 fully saturated rings. The van der Waals surface area contributed by atoms with Crippen LogP contribution < -0.4 is 0 Å². The summed E-state index contributed by atoms with van der Waals surface area (Å²) in [6.07, 6.45) is 1.69. The van der Waals surface area contributed by atoms with Crippen molar-refractivity contribution in [2.24, 2.45) is 5.92 Å². The average Bonchev–Trinajstić information content (AvgIpc) is 2.66. The average molecular weight is 337 g/mol. The molecule has 0 bridgehead atoms. The van der Waals surface area contributed by atoms with Crippen molar-refractivity contribution in [2.75, 3.05) is 19.7 Å². The maximum atomic E-state index is 13.1. The van der Waals surface area contributed by atoms with E-state index in [1.54, 1.807) is 36.4 Å². The van der Waals surface area contributed by atoms with Crippen molar-refractivity contribution in [1.82, 2.24) is 4.90 Å². The zero-order valence-corrected chi connectivity index (χ0v) is 13.9. The summed E-state index contributed by atoms with van der Waals surface area (Å²) < 4.78 is 13.1. The minimum atomic E-state index is -0.308. The summed E-state index contributed by atoms with van der Waals surface area (Å²) in [5.41, 5.74) is 2.03. The van der Waals surface area contributed by atoms with Crippen LogP contribution in [0.25, 0.3) is 0 Å². The summed E-state index contributed by atoms with van der Waals surface area (Å²) in [5, 5.41) is 9.17. The van der Waals surface area contributed by atoms with Crippen LogP contribution in [0.1, 0.15) is 34.3 Å². The van der Waals surface area contributed by atoms with Crippen molar-refractivity contribution >= 4 is 5.91 Å². The lowest BCUT2D eigenvalue weighted by Crippen LogP contribution is -2.39. The first-order valence-corrected chi connectivity index (χ1v) is 8.43. The second-order valence-corrected chi connectivity index (χ2v) is 6.26. The standard InChI is InChI=1S/C21H20FNO2/c22-20-3-1-2-17(14-20)5-4-16-6-8-19(9-7-16)21(25)23-12-10-18(15-24)11-13-23/h1-3,6-9,14,18,24H,10-13,15H2. The van der Waals surface area contributed by atoms with E-state index < -0.39 is 0 Å². The molecular weight excluding hydrogens is 317 g/mol. The van der Waals surface area contributed by atoms with Gasteiger partial charge in [0.1, 0.15) is 5.82 Å². The normalized spacial score (nSPS) is 14.7. The minimum Gasteiger partial charge on any atom is -0.396 e. The summed E-state index contributed by atoms with van der Waals surface area (Å²) in [4.78, 5) is 14.3. The van der Waals surface area contributed by atoms with Crippen LogP contribution in [0.5, 0.6) is 0 Å². The van der Waals surface area contributed by atoms with Gasteiger partial charge in [-0.15, -0.1) is 0 Å². The number of aliphatic hydroxyl groups is 1. The lowest BCUT2D eigenvalue weighted by molar-refractivity contribution is 0.0651. The molecule has 1 N–H and O–H groups in total. The van der Waals surface area contributed by atoms with Gasteiger partial charge >= 0.3 is 0 Å². The van der Waals surface area contributed by atoms with Crippen molar-refractivity contribution in [3.05, 3.63) is 71.0 Å². The molecule has 4 heteroatoms. The number of carbonyl (C=O) groups is 1. The van der Waals surface area contributed by atoms with E-state index in [-0.39, 0.29) is 18.3 Å². The highest BCUT2D eigenvalue weighted by Crippen LogP contribution is 2.18. The van der Waals surface area contributed by atoms with Gasteiger partial charge in [0, 0.05) is 36.4 Å². The van der Waals surface area contributed by atoms with Crippen LogP contribution in [0.3, 0.4) is 0 Å². The summed E-state index contributed by atoms with van der Waals surface area (Å²) in [7, 11) is 0. The highest BCUT2D eigenvalue weighted by Gasteiger charge is 2.22. The Morgan fingerprint density at radius 1 is 1.08 bits per heavy atom. The summed E-state index contributed by atoms with van der Waals surface area (Å²) in [5.74, 6) is 5.91. The number of carbonyl (C=O) groups excluding carboxylic acids is 1. The third-order valence-electron chi connectivity index (χ3n) is 4.47. The highest BCUT2D eigenvalue weighted by atomic mass is 19.1. The zero-order valence-electron chi connectivity index (χ0n) is 13.9. The molecule has 0 saturated carbocycles. The summed E-state index contributed by atoms with van der Waals surface area (Å²) >= 11 is 0. The second kappa shape index (κ2) is 7.96. The van der Waals surface area contributed by atoms with Gasteiger partial charge < -0.3 is 10.0 Å². The Morgan fingerprint density at radius 2 is 1.76 bits per heavy atom. The Hall–Kier alpha value is -2.64. The number of benzene rings is 2. The molecule has 3 rings (SSSR count). The number of hydrogen-bond donors (Lipinski definition) is 1. The quantitative estimate of drug-likeness (QED) is 0.856. The molecule has 3 nitrogen and oxygen atoms in total. The molecule has 1 amide bonds. The van der Waals surface area contributed by atoms with Crippen molar-refractivity contribution in [3.63, 3.8) is 0 Å².